The van der Waals surface area contributed by atoms with Gasteiger partial charge < -0.3 is 9.47 Å². The van der Waals surface area contributed by atoms with Crippen molar-refractivity contribution in [2.75, 3.05) is 17.8 Å². The Balaban J connectivity index is 1.91. The number of hydrogen-bond donors (Lipinski definition) is 1. The predicted octanol–water partition coefficient (Wildman–Crippen LogP) is 2.72. The molecule has 0 spiro atoms. The number of amides is 1. The zero-order valence-corrected chi connectivity index (χ0v) is 15.3. The number of aryl methyl sites for hydroxylation is 2. The molecule has 25 heavy (non-hydrogen) atoms. The van der Waals surface area contributed by atoms with Crippen LogP contribution in [0.25, 0.3) is 0 Å². The average Bonchev–Trinajstić information content (AvgIpc) is 2.97. The summed E-state index contributed by atoms with van der Waals surface area (Å²) in [5.74, 6) is -0.116. The highest BCUT2D eigenvalue weighted by Gasteiger charge is 2.26. The Morgan fingerprint density at radius 3 is 2.68 bits per heavy atom. The van der Waals surface area contributed by atoms with E-state index >= 15 is 0 Å². The van der Waals surface area contributed by atoms with Crippen LogP contribution in [-0.2, 0) is 23.0 Å². The summed E-state index contributed by atoms with van der Waals surface area (Å²) in [5.41, 5.74) is 2.02. The van der Waals surface area contributed by atoms with E-state index in [-0.39, 0.29) is 10.8 Å². The van der Waals surface area contributed by atoms with Crippen LogP contribution in [0.15, 0.2) is 41.4 Å². The first-order chi connectivity index (χ1) is 11.9. The molecule has 1 aliphatic rings. The number of rotatable bonds is 5. The van der Waals surface area contributed by atoms with Crippen molar-refractivity contribution in [2.45, 2.75) is 38.1 Å². The zero-order chi connectivity index (χ0) is 18.0. The fourth-order valence-electron chi connectivity index (χ4n) is 3.06. The molecule has 1 amide bonds. The first-order valence-electron chi connectivity index (χ1n) is 8.55. The lowest BCUT2D eigenvalue weighted by Gasteiger charge is -2.17. The molecule has 1 aromatic heterocycles. The van der Waals surface area contributed by atoms with E-state index in [9.17, 15) is 13.2 Å². The van der Waals surface area contributed by atoms with Gasteiger partial charge in [0.15, 0.2) is 0 Å². The molecule has 0 saturated heterocycles. The minimum absolute atomic E-state index is 0.116. The highest BCUT2D eigenvalue weighted by Crippen LogP contribution is 2.22. The second-order valence-electron chi connectivity index (χ2n) is 6.15. The van der Waals surface area contributed by atoms with E-state index in [1.807, 2.05) is 32.0 Å². The van der Waals surface area contributed by atoms with Gasteiger partial charge >= 0.3 is 0 Å². The number of anilines is 1. The molecule has 0 bridgehead atoms. The number of nitrogens with one attached hydrogen (secondary N) is 1. The number of carbonyl (C=O) groups excluding carboxylic acids is 1. The van der Waals surface area contributed by atoms with Crippen molar-refractivity contribution in [1.29, 1.82) is 0 Å². The SMILES string of the molecule is CCc1cccc(NS(=O)(=O)c2cc3n(c2)CCCN(CC)C3=O)c1. The van der Waals surface area contributed by atoms with Gasteiger partial charge in [0.2, 0.25) is 0 Å². The van der Waals surface area contributed by atoms with Gasteiger partial charge in [-0.3, -0.25) is 9.52 Å². The van der Waals surface area contributed by atoms with E-state index in [2.05, 4.69) is 4.72 Å². The van der Waals surface area contributed by atoms with E-state index in [0.29, 0.717) is 31.0 Å². The van der Waals surface area contributed by atoms with Crippen LogP contribution in [0.5, 0.6) is 0 Å². The van der Waals surface area contributed by atoms with Crippen LogP contribution in [0, 0.1) is 0 Å². The Labute approximate surface area is 148 Å². The Kier molecular flexibility index (Phi) is 4.85. The maximum atomic E-state index is 12.7. The molecule has 0 radical (unpaired) electrons. The molecule has 3 rings (SSSR count). The number of nitrogens with zero attached hydrogens (tertiary/aromatic N) is 2. The van der Waals surface area contributed by atoms with Crippen molar-refractivity contribution < 1.29 is 13.2 Å². The highest BCUT2D eigenvalue weighted by atomic mass is 32.2. The average molecular weight is 361 g/mol. The van der Waals surface area contributed by atoms with Crippen LogP contribution < -0.4 is 4.72 Å². The van der Waals surface area contributed by atoms with E-state index in [1.54, 1.807) is 21.7 Å². The van der Waals surface area contributed by atoms with Crippen LogP contribution in [-0.4, -0.2) is 36.9 Å². The van der Waals surface area contributed by atoms with Gasteiger partial charge in [0.25, 0.3) is 15.9 Å². The standard InChI is InChI=1S/C18H23N3O3S/c1-3-14-7-5-8-15(11-14)19-25(23,24)16-12-17-18(22)20(4-2)9-6-10-21(17)13-16/h5,7-8,11-13,19H,3-4,6,9-10H2,1-2H3. The van der Waals surface area contributed by atoms with Gasteiger partial charge in [-0.15, -0.1) is 0 Å². The number of benzene rings is 1. The number of hydrogen-bond acceptors (Lipinski definition) is 3. The second kappa shape index (κ2) is 6.92. The second-order valence-corrected chi connectivity index (χ2v) is 7.83. The fourth-order valence-corrected chi connectivity index (χ4v) is 4.15. The van der Waals surface area contributed by atoms with Gasteiger partial charge in [0, 0.05) is 31.5 Å². The Bertz CT molecular complexity index is 887. The largest absolute Gasteiger partial charge is 0.342 e. The maximum absolute atomic E-state index is 12.7. The van der Waals surface area contributed by atoms with Crippen molar-refractivity contribution in [2.24, 2.45) is 0 Å². The molecule has 1 aromatic carbocycles. The van der Waals surface area contributed by atoms with Crippen molar-refractivity contribution in [3.8, 4) is 0 Å². The molecule has 7 heteroatoms. The third-order valence-electron chi connectivity index (χ3n) is 4.48. The third kappa shape index (κ3) is 3.56. The topological polar surface area (TPSA) is 71.4 Å². The molecule has 6 nitrogen and oxygen atoms in total. The van der Waals surface area contributed by atoms with E-state index in [4.69, 9.17) is 0 Å². The Morgan fingerprint density at radius 1 is 1.16 bits per heavy atom. The maximum Gasteiger partial charge on any atom is 0.270 e. The molecular weight excluding hydrogens is 338 g/mol. The monoisotopic (exact) mass is 361 g/mol. The molecule has 0 fully saturated rings. The van der Waals surface area contributed by atoms with Crippen LogP contribution >= 0.6 is 0 Å². The van der Waals surface area contributed by atoms with Gasteiger partial charge in [0.05, 0.1) is 0 Å². The lowest BCUT2D eigenvalue weighted by molar-refractivity contribution is 0.0766. The summed E-state index contributed by atoms with van der Waals surface area (Å²) in [7, 11) is -3.73. The van der Waals surface area contributed by atoms with Crippen molar-refractivity contribution in [3.63, 3.8) is 0 Å². The summed E-state index contributed by atoms with van der Waals surface area (Å²) in [5, 5.41) is 0. The Hall–Kier alpha value is -2.28. The normalized spacial score (nSPS) is 15.0. The predicted molar refractivity (Wildman–Crippen MR) is 97.3 cm³/mol. The van der Waals surface area contributed by atoms with Crippen LogP contribution in [0.3, 0.4) is 0 Å². The number of sulfonamides is 1. The van der Waals surface area contributed by atoms with Crippen molar-refractivity contribution in [3.05, 3.63) is 47.8 Å². The molecule has 1 N–H and O–H groups in total. The van der Waals surface area contributed by atoms with Crippen LogP contribution in [0.2, 0.25) is 0 Å². The lowest BCUT2D eigenvalue weighted by Crippen LogP contribution is -2.30. The van der Waals surface area contributed by atoms with E-state index in [0.717, 1.165) is 18.4 Å². The van der Waals surface area contributed by atoms with Crippen LogP contribution in [0.1, 0.15) is 36.3 Å². The fraction of sp³-hybridized carbons (Fsp3) is 0.389. The molecule has 2 aromatic rings. The van der Waals surface area contributed by atoms with E-state index < -0.39 is 10.0 Å². The minimum atomic E-state index is -3.73. The molecule has 0 saturated carbocycles. The number of fused-ring (bicyclic) bond motifs is 1. The van der Waals surface area contributed by atoms with Gasteiger partial charge in [0.1, 0.15) is 10.6 Å². The summed E-state index contributed by atoms with van der Waals surface area (Å²) in [6, 6.07) is 8.80. The van der Waals surface area contributed by atoms with Crippen LogP contribution in [0.4, 0.5) is 5.69 Å². The highest BCUT2D eigenvalue weighted by molar-refractivity contribution is 7.92. The Morgan fingerprint density at radius 2 is 1.96 bits per heavy atom. The van der Waals surface area contributed by atoms with Crippen molar-refractivity contribution >= 4 is 21.6 Å². The molecule has 0 atom stereocenters. The minimum Gasteiger partial charge on any atom is -0.342 e. The van der Waals surface area contributed by atoms with Crippen molar-refractivity contribution in [1.82, 2.24) is 9.47 Å². The molecule has 0 aliphatic carbocycles. The molecule has 1 aliphatic heterocycles. The summed E-state index contributed by atoms with van der Waals surface area (Å²) in [4.78, 5) is 14.4. The first kappa shape index (κ1) is 17.5. The quantitative estimate of drug-likeness (QED) is 0.890. The number of aromatic nitrogens is 1. The van der Waals surface area contributed by atoms with Gasteiger partial charge in [-0.1, -0.05) is 19.1 Å². The molecule has 134 valence electrons. The molecular formula is C18H23N3O3S. The number of carbonyl (C=O) groups is 1. The van der Waals surface area contributed by atoms with E-state index in [1.165, 1.54) is 6.07 Å². The lowest BCUT2D eigenvalue weighted by atomic mass is 10.1. The summed E-state index contributed by atoms with van der Waals surface area (Å²) in [6.07, 6.45) is 3.20. The molecule has 2 heterocycles. The summed E-state index contributed by atoms with van der Waals surface area (Å²) in [6.45, 7) is 5.90. The van der Waals surface area contributed by atoms with Gasteiger partial charge in [-0.05, 0) is 43.5 Å². The summed E-state index contributed by atoms with van der Waals surface area (Å²) < 4.78 is 29.8. The first-order valence-corrected chi connectivity index (χ1v) is 10.0. The molecule has 0 unspecified atom stereocenters. The van der Waals surface area contributed by atoms with Gasteiger partial charge in [-0.25, -0.2) is 8.42 Å². The summed E-state index contributed by atoms with van der Waals surface area (Å²) >= 11 is 0. The zero-order valence-electron chi connectivity index (χ0n) is 14.5. The third-order valence-corrected chi connectivity index (χ3v) is 5.83. The van der Waals surface area contributed by atoms with Gasteiger partial charge in [-0.2, -0.15) is 0 Å². The smallest absolute Gasteiger partial charge is 0.270 e.